The van der Waals surface area contributed by atoms with E-state index < -0.39 is 6.03 Å². The van der Waals surface area contributed by atoms with E-state index in [1.54, 1.807) is 24.3 Å². The Hall–Kier alpha value is -3.69. The van der Waals surface area contributed by atoms with Gasteiger partial charge < -0.3 is 10.1 Å². The maximum atomic E-state index is 11.9. The molecule has 0 spiro atoms. The Morgan fingerprint density at radius 1 is 1.27 bits per heavy atom. The SMILES string of the molecule is CCc1ccc(NC(=O)N(C)OC)cc1Oc1cc(C#N)nc(C#N)n1. The van der Waals surface area contributed by atoms with Gasteiger partial charge in [-0.1, -0.05) is 13.0 Å². The van der Waals surface area contributed by atoms with Gasteiger partial charge in [-0.15, -0.1) is 0 Å². The second-order valence-corrected chi connectivity index (χ2v) is 5.03. The molecule has 0 aliphatic heterocycles. The second-order valence-electron chi connectivity index (χ2n) is 5.03. The van der Waals surface area contributed by atoms with Crippen molar-refractivity contribution >= 4 is 11.7 Å². The van der Waals surface area contributed by atoms with Crippen molar-refractivity contribution in [2.45, 2.75) is 13.3 Å². The lowest BCUT2D eigenvalue weighted by Gasteiger charge is -2.16. The molecule has 0 unspecified atom stereocenters. The average molecular weight is 352 g/mol. The zero-order valence-corrected chi connectivity index (χ0v) is 14.5. The van der Waals surface area contributed by atoms with E-state index in [0.717, 1.165) is 10.6 Å². The normalized spacial score (nSPS) is 9.73. The van der Waals surface area contributed by atoms with Gasteiger partial charge in [0.1, 0.15) is 23.6 Å². The summed E-state index contributed by atoms with van der Waals surface area (Å²) in [6.45, 7) is 1.94. The quantitative estimate of drug-likeness (QED) is 0.820. The Bertz CT molecular complexity index is 868. The molecule has 2 aromatic rings. The van der Waals surface area contributed by atoms with Crippen molar-refractivity contribution in [2.24, 2.45) is 0 Å². The summed E-state index contributed by atoms with van der Waals surface area (Å²) in [6, 6.07) is 9.68. The van der Waals surface area contributed by atoms with E-state index in [1.165, 1.54) is 20.2 Å². The predicted molar refractivity (Wildman–Crippen MR) is 91.1 cm³/mol. The summed E-state index contributed by atoms with van der Waals surface area (Å²) in [5.41, 5.74) is 1.37. The zero-order chi connectivity index (χ0) is 19.1. The first-order valence-corrected chi connectivity index (χ1v) is 7.59. The maximum absolute atomic E-state index is 11.9. The van der Waals surface area contributed by atoms with Crippen LogP contribution < -0.4 is 10.1 Å². The summed E-state index contributed by atoms with van der Waals surface area (Å²) in [7, 11) is 2.85. The minimum atomic E-state index is -0.455. The number of nitrogens with zero attached hydrogens (tertiary/aromatic N) is 5. The summed E-state index contributed by atoms with van der Waals surface area (Å²) in [4.78, 5) is 24.4. The molecular formula is C17H16N6O3. The number of carbonyl (C=O) groups is 1. The number of rotatable bonds is 5. The third-order valence-electron chi connectivity index (χ3n) is 3.39. The third-order valence-corrected chi connectivity index (χ3v) is 3.39. The molecule has 0 saturated carbocycles. The molecule has 0 radical (unpaired) electrons. The van der Waals surface area contributed by atoms with Crippen LogP contribution in [-0.2, 0) is 11.3 Å². The standard InChI is InChI=1S/C17H16N6O3/c1-4-11-5-6-12(21-17(24)23(2)25-3)7-14(11)26-16-8-13(9-18)20-15(10-19)22-16/h5-8H,4H2,1-3H3,(H,21,24). The fraction of sp³-hybridized carbons (Fsp3) is 0.235. The summed E-state index contributed by atoms with van der Waals surface area (Å²) < 4.78 is 5.74. The molecule has 2 rings (SSSR count). The van der Waals surface area contributed by atoms with E-state index in [9.17, 15) is 4.79 Å². The Morgan fingerprint density at radius 3 is 2.65 bits per heavy atom. The summed E-state index contributed by atoms with van der Waals surface area (Å²) in [5, 5.41) is 21.7. The first-order valence-electron chi connectivity index (χ1n) is 7.59. The number of aromatic nitrogens is 2. The monoisotopic (exact) mass is 352 g/mol. The molecule has 0 aliphatic carbocycles. The topological polar surface area (TPSA) is 124 Å². The van der Waals surface area contributed by atoms with Crippen molar-refractivity contribution in [1.82, 2.24) is 15.0 Å². The van der Waals surface area contributed by atoms with E-state index >= 15 is 0 Å². The highest BCUT2D eigenvalue weighted by molar-refractivity contribution is 5.88. The van der Waals surface area contributed by atoms with Crippen LogP contribution in [0.5, 0.6) is 11.6 Å². The van der Waals surface area contributed by atoms with Gasteiger partial charge in [-0.2, -0.15) is 15.5 Å². The van der Waals surface area contributed by atoms with E-state index in [2.05, 4.69) is 15.3 Å². The number of amides is 2. The van der Waals surface area contributed by atoms with Gasteiger partial charge >= 0.3 is 6.03 Å². The number of urea groups is 1. The van der Waals surface area contributed by atoms with Crippen molar-refractivity contribution in [3.8, 4) is 23.8 Å². The number of ether oxygens (including phenoxy) is 1. The highest BCUT2D eigenvalue weighted by atomic mass is 16.7. The molecule has 1 aromatic heterocycles. The summed E-state index contributed by atoms with van der Waals surface area (Å²) >= 11 is 0. The molecule has 0 atom stereocenters. The van der Waals surface area contributed by atoms with Crippen LogP contribution in [0, 0.1) is 22.7 Å². The van der Waals surface area contributed by atoms with Gasteiger partial charge in [-0.3, -0.25) is 4.84 Å². The second kappa shape index (κ2) is 8.42. The molecule has 1 aromatic carbocycles. The number of aryl methyl sites for hydroxylation is 1. The number of benzene rings is 1. The summed E-state index contributed by atoms with van der Waals surface area (Å²) in [6.07, 6.45) is 0.669. The van der Waals surface area contributed by atoms with Gasteiger partial charge in [0.05, 0.1) is 7.11 Å². The van der Waals surface area contributed by atoms with Crippen molar-refractivity contribution in [3.05, 3.63) is 41.3 Å². The van der Waals surface area contributed by atoms with Crippen LogP contribution in [-0.4, -0.2) is 35.2 Å². The van der Waals surface area contributed by atoms with Crippen molar-refractivity contribution in [1.29, 1.82) is 10.5 Å². The minimum absolute atomic E-state index is 0.0239. The number of anilines is 1. The van der Waals surface area contributed by atoms with Crippen LogP contribution in [0.4, 0.5) is 10.5 Å². The van der Waals surface area contributed by atoms with E-state index in [0.29, 0.717) is 17.9 Å². The Morgan fingerprint density at radius 2 is 2.04 bits per heavy atom. The molecule has 9 heteroatoms. The average Bonchev–Trinajstić information content (AvgIpc) is 2.67. The fourth-order valence-electron chi connectivity index (χ4n) is 2.00. The van der Waals surface area contributed by atoms with Gasteiger partial charge in [0.15, 0.2) is 0 Å². The van der Waals surface area contributed by atoms with Crippen molar-refractivity contribution in [3.63, 3.8) is 0 Å². The van der Waals surface area contributed by atoms with Crippen molar-refractivity contribution < 1.29 is 14.4 Å². The molecule has 132 valence electrons. The number of nitriles is 2. The van der Waals surface area contributed by atoms with Gasteiger partial charge in [-0.05, 0) is 18.1 Å². The Balaban J connectivity index is 2.34. The van der Waals surface area contributed by atoms with Crippen LogP contribution in [0.1, 0.15) is 24.0 Å². The molecule has 0 fully saturated rings. The third kappa shape index (κ3) is 4.44. The Labute approximate surface area is 150 Å². The number of hydrogen-bond acceptors (Lipinski definition) is 7. The predicted octanol–water partition coefficient (Wildman–Crippen LogP) is 2.60. The zero-order valence-electron chi connectivity index (χ0n) is 14.5. The fourth-order valence-corrected chi connectivity index (χ4v) is 2.00. The first kappa shape index (κ1) is 18.6. The lowest BCUT2D eigenvalue weighted by atomic mass is 10.1. The van der Waals surface area contributed by atoms with Gasteiger partial charge in [0, 0.05) is 24.9 Å². The van der Waals surface area contributed by atoms with E-state index in [1.807, 2.05) is 13.0 Å². The minimum Gasteiger partial charge on any atom is -0.438 e. The van der Waals surface area contributed by atoms with Crippen LogP contribution in [0.25, 0.3) is 0 Å². The van der Waals surface area contributed by atoms with E-state index in [-0.39, 0.29) is 17.4 Å². The molecule has 1 N–H and O–H groups in total. The molecule has 9 nitrogen and oxygen atoms in total. The summed E-state index contributed by atoms with van der Waals surface area (Å²) in [5.74, 6) is 0.348. The molecule has 0 saturated heterocycles. The smallest absolute Gasteiger partial charge is 0.345 e. The molecule has 26 heavy (non-hydrogen) atoms. The first-order chi connectivity index (χ1) is 12.5. The number of hydrogen-bond donors (Lipinski definition) is 1. The van der Waals surface area contributed by atoms with Gasteiger partial charge in [-0.25, -0.2) is 14.8 Å². The van der Waals surface area contributed by atoms with Crippen LogP contribution in [0.15, 0.2) is 24.3 Å². The number of nitrogens with one attached hydrogen (secondary N) is 1. The van der Waals surface area contributed by atoms with Gasteiger partial charge in [0.2, 0.25) is 11.7 Å². The molecular weight excluding hydrogens is 336 g/mol. The maximum Gasteiger partial charge on any atom is 0.345 e. The van der Waals surface area contributed by atoms with E-state index in [4.69, 9.17) is 20.1 Å². The lowest BCUT2D eigenvalue weighted by molar-refractivity contribution is -0.0598. The van der Waals surface area contributed by atoms with Gasteiger partial charge in [0.25, 0.3) is 0 Å². The van der Waals surface area contributed by atoms with Crippen molar-refractivity contribution in [2.75, 3.05) is 19.5 Å². The molecule has 1 heterocycles. The number of hydroxylamine groups is 2. The number of carbonyl (C=O) groups excluding carboxylic acids is 1. The van der Waals surface area contributed by atoms with Crippen LogP contribution in [0.3, 0.4) is 0 Å². The largest absolute Gasteiger partial charge is 0.438 e. The van der Waals surface area contributed by atoms with Crippen LogP contribution >= 0.6 is 0 Å². The Kier molecular flexibility index (Phi) is 6.04. The highest BCUT2D eigenvalue weighted by Crippen LogP contribution is 2.28. The highest BCUT2D eigenvalue weighted by Gasteiger charge is 2.12. The van der Waals surface area contributed by atoms with Crippen LogP contribution in [0.2, 0.25) is 0 Å². The molecule has 0 aliphatic rings. The molecule has 0 bridgehead atoms. The molecule has 2 amide bonds. The lowest BCUT2D eigenvalue weighted by Crippen LogP contribution is -2.30.